The first-order valence-corrected chi connectivity index (χ1v) is 14.8. The molecule has 2 saturated heterocycles. The molecule has 8 nitrogen and oxygen atoms in total. The van der Waals surface area contributed by atoms with Crippen LogP contribution >= 0.6 is 0 Å². The van der Waals surface area contributed by atoms with Gasteiger partial charge >= 0.3 is 0 Å². The molecule has 206 valence electrons. The third-order valence-corrected chi connectivity index (χ3v) is 8.95. The van der Waals surface area contributed by atoms with Gasteiger partial charge in [-0.05, 0) is 88.2 Å². The van der Waals surface area contributed by atoms with Crippen LogP contribution in [-0.4, -0.2) is 83.7 Å². The van der Waals surface area contributed by atoms with Gasteiger partial charge in [0, 0.05) is 32.8 Å². The molecule has 2 heterocycles. The number of rotatable bonds is 9. The summed E-state index contributed by atoms with van der Waals surface area (Å²) in [4.78, 5) is 16.7. The highest BCUT2D eigenvalue weighted by Crippen LogP contribution is 2.26. The number of aryl methyl sites for hydroxylation is 2. The van der Waals surface area contributed by atoms with Crippen molar-refractivity contribution in [2.75, 3.05) is 53.6 Å². The number of benzene rings is 1. The first kappa shape index (κ1) is 30.5. The van der Waals surface area contributed by atoms with E-state index in [2.05, 4.69) is 16.5 Å². The van der Waals surface area contributed by atoms with Gasteiger partial charge in [0.1, 0.15) is 12.4 Å². The number of methoxy groups -OCH3 is 2. The van der Waals surface area contributed by atoms with E-state index in [1.165, 1.54) is 25.9 Å². The molecule has 1 aromatic carbocycles. The van der Waals surface area contributed by atoms with Crippen LogP contribution in [0.3, 0.4) is 0 Å². The first-order valence-electron chi connectivity index (χ1n) is 13.3. The lowest BCUT2D eigenvalue weighted by atomic mass is 9.95. The number of sulfonamides is 1. The molecule has 9 heteroatoms. The van der Waals surface area contributed by atoms with Crippen molar-refractivity contribution in [3.05, 3.63) is 23.3 Å². The Morgan fingerprint density at radius 2 is 1.61 bits per heavy atom. The second-order valence-electron chi connectivity index (χ2n) is 10.1. The number of nitrogens with zero attached hydrogens (tertiary/aromatic N) is 2. The fourth-order valence-corrected chi connectivity index (χ4v) is 6.52. The summed E-state index contributed by atoms with van der Waals surface area (Å²) in [6.07, 6.45) is 6.73. The Morgan fingerprint density at radius 3 is 2.11 bits per heavy atom. The Balaban J connectivity index is 0.000000254. The zero-order chi connectivity index (χ0) is 26.7. The van der Waals surface area contributed by atoms with Gasteiger partial charge in [-0.3, -0.25) is 4.79 Å². The summed E-state index contributed by atoms with van der Waals surface area (Å²) in [6.45, 7) is 12.9. The smallest absolute Gasteiger partial charge is 0.248 e. The minimum Gasteiger partial charge on any atom is -0.497 e. The van der Waals surface area contributed by atoms with Crippen molar-refractivity contribution < 1.29 is 22.7 Å². The van der Waals surface area contributed by atoms with E-state index in [-0.39, 0.29) is 12.5 Å². The van der Waals surface area contributed by atoms with E-state index in [0.717, 1.165) is 44.7 Å². The average molecular weight is 526 g/mol. The lowest BCUT2D eigenvalue weighted by Gasteiger charge is -2.41. The number of hydrogen-bond donors (Lipinski definition) is 1. The highest BCUT2D eigenvalue weighted by Gasteiger charge is 2.28. The molecule has 1 aromatic rings. The Morgan fingerprint density at radius 1 is 1.03 bits per heavy atom. The van der Waals surface area contributed by atoms with Crippen LogP contribution < -0.4 is 9.46 Å². The second-order valence-corrected chi connectivity index (χ2v) is 11.8. The Bertz CT molecular complexity index is 898. The molecular formula is C27H47N3O5S. The number of likely N-dealkylation sites (tertiary alicyclic amines) is 2. The van der Waals surface area contributed by atoms with Crippen molar-refractivity contribution in [2.24, 2.45) is 5.92 Å². The molecule has 36 heavy (non-hydrogen) atoms. The number of unbranched alkanes of at least 4 members (excludes halogenated alkanes) is 1. The van der Waals surface area contributed by atoms with Gasteiger partial charge in [-0.15, -0.1) is 0 Å². The van der Waals surface area contributed by atoms with Gasteiger partial charge in [-0.25, -0.2) is 13.1 Å². The Hall–Kier alpha value is -1.68. The SMILES string of the molecule is CCCCNS(=O)(=O)c1c(C)cc(OC)cc1C.COCC(=O)N1CCC(N2CCC(C)CC2)CC1. The number of nitrogens with one attached hydrogen (secondary N) is 1. The lowest BCUT2D eigenvalue weighted by molar-refractivity contribution is -0.136. The molecule has 0 bridgehead atoms. The van der Waals surface area contributed by atoms with Crippen molar-refractivity contribution >= 4 is 15.9 Å². The van der Waals surface area contributed by atoms with Crippen LogP contribution in [-0.2, 0) is 19.6 Å². The molecule has 1 amide bonds. The van der Waals surface area contributed by atoms with Crippen LogP contribution in [0.1, 0.15) is 63.5 Å². The monoisotopic (exact) mass is 525 g/mol. The van der Waals surface area contributed by atoms with Crippen molar-refractivity contribution in [1.82, 2.24) is 14.5 Å². The molecule has 0 aliphatic carbocycles. The van der Waals surface area contributed by atoms with E-state index in [0.29, 0.717) is 34.4 Å². The third-order valence-electron chi connectivity index (χ3n) is 7.18. The maximum atomic E-state index is 12.2. The quantitative estimate of drug-likeness (QED) is 0.494. The van der Waals surface area contributed by atoms with Gasteiger partial charge in [0.05, 0.1) is 12.0 Å². The molecule has 1 N–H and O–H groups in total. The minimum absolute atomic E-state index is 0.142. The molecule has 2 aliphatic rings. The summed E-state index contributed by atoms with van der Waals surface area (Å²) in [5, 5.41) is 0. The predicted molar refractivity (Wildman–Crippen MR) is 144 cm³/mol. The molecule has 0 aromatic heterocycles. The number of ether oxygens (including phenoxy) is 2. The number of piperidine rings is 2. The van der Waals surface area contributed by atoms with Crippen molar-refractivity contribution in [3.63, 3.8) is 0 Å². The number of amides is 1. The molecule has 0 spiro atoms. The normalized spacial score (nSPS) is 18.0. The molecule has 3 rings (SSSR count). The van der Waals surface area contributed by atoms with Crippen LogP contribution in [0.25, 0.3) is 0 Å². The van der Waals surface area contributed by atoms with E-state index in [1.54, 1.807) is 40.2 Å². The van der Waals surface area contributed by atoms with E-state index in [1.807, 2.05) is 11.8 Å². The summed E-state index contributed by atoms with van der Waals surface area (Å²) in [5.41, 5.74) is 1.41. The van der Waals surface area contributed by atoms with Crippen molar-refractivity contribution in [1.29, 1.82) is 0 Å². The fraction of sp³-hybridized carbons (Fsp3) is 0.741. The van der Waals surface area contributed by atoms with E-state index < -0.39 is 10.0 Å². The standard InChI is InChI=1S/C14H26N2O2.C13H21NO3S/c1-12-3-7-15(8-4-12)13-5-9-16(10-6-13)14(17)11-18-2;1-5-6-7-14-18(15,16)13-10(2)8-12(17-4)9-11(13)3/h12-13H,3-11H2,1-2H3;8-9,14H,5-7H2,1-4H3. The summed E-state index contributed by atoms with van der Waals surface area (Å²) >= 11 is 0. The highest BCUT2D eigenvalue weighted by molar-refractivity contribution is 7.89. The number of hydrogen-bond acceptors (Lipinski definition) is 6. The summed E-state index contributed by atoms with van der Waals surface area (Å²) in [7, 11) is -0.270. The predicted octanol–water partition coefficient (Wildman–Crippen LogP) is 3.75. The lowest BCUT2D eigenvalue weighted by Crippen LogP contribution is -2.49. The van der Waals surface area contributed by atoms with Crippen LogP contribution in [0.2, 0.25) is 0 Å². The second kappa shape index (κ2) is 14.9. The van der Waals surface area contributed by atoms with Crippen molar-refractivity contribution in [3.8, 4) is 5.75 Å². The fourth-order valence-electron chi connectivity index (χ4n) is 5.00. The largest absolute Gasteiger partial charge is 0.497 e. The summed E-state index contributed by atoms with van der Waals surface area (Å²) < 4.78 is 37.1. The van der Waals surface area contributed by atoms with Gasteiger partial charge < -0.3 is 19.3 Å². The van der Waals surface area contributed by atoms with Crippen LogP contribution in [0.5, 0.6) is 5.75 Å². The Kier molecular flexibility index (Phi) is 12.6. The zero-order valence-corrected chi connectivity index (χ0v) is 24.0. The zero-order valence-electron chi connectivity index (χ0n) is 23.1. The van der Waals surface area contributed by atoms with E-state index >= 15 is 0 Å². The van der Waals surface area contributed by atoms with Gasteiger partial charge in [-0.1, -0.05) is 20.3 Å². The van der Waals surface area contributed by atoms with Gasteiger partial charge in [-0.2, -0.15) is 0 Å². The van der Waals surface area contributed by atoms with Gasteiger partial charge in [0.25, 0.3) is 0 Å². The highest BCUT2D eigenvalue weighted by atomic mass is 32.2. The number of carbonyl (C=O) groups is 1. The van der Waals surface area contributed by atoms with Crippen LogP contribution in [0, 0.1) is 19.8 Å². The summed E-state index contributed by atoms with van der Waals surface area (Å²) in [5.74, 6) is 1.71. The number of carbonyl (C=O) groups excluding carboxylic acids is 1. The van der Waals surface area contributed by atoms with Crippen LogP contribution in [0.15, 0.2) is 17.0 Å². The van der Waals surface area contributed by atoms with Crippen LogP contribution in [0.4, 0.5) is 0 Å². The topological polar surface area (TPSA) is 88.2 Å². The molecule has 0 unspecified atom stereocenters. The van der Waals surface area contributed by atoms with E-state index in [9.17, 15) is 13.2 Å². The molecular weight excluding hydrogens is 478 g/mol. The minimum atomic E-state index is -3.42. The average Bonchev–Trinajstić information content (AvgIpc) is 2.84. The third kappa shape index (κ3) is 9.01. The van der Waals surface area contributed by atoms with E-state index in [4.69, 9.17) is 9.47 Å². The van der Waals surface area contributed by atoms with Crippen molar-refractivity contribution in [2.45, 2.75) is 77.2 Å². The molecule has 2 fully saturated rings. The summed E-state index contributed by atoms with van der Waals surface area (Å²) in [6, 6.07) is 4.17. The molecule has 0 atom stereocenters. The van der Waals surface area contributed by atoms with Gasteiger partial charge in [0.2, 0.25) is 15.9 Å². The maximum absolute atomic E-state index is 12.2. The Labute approximate surface area is 218 Å². The van der Waals surface area contributed by atoms with Gasteiger partial charge in [0.15, 0.2) is 0 Å². The molecule has 0 saturated carbocycles. The molecule has 0 radical (unpaired) electrons. The molecule has 2 aliphatic heterocycles. The first-order chi connectivity index (χ1) is 17.1. The maximum Gasteiger partial charge on any atom is 0.248 e.